The molecule has 0 unspecified atom stereocenters. The van der Waals surface area contributed by atoms with E-state index in [1.165, 1.54) is 0 Å². The van der Waals surface area contributed by atoms with Crippen LogP contribution in [-0.2, 0) is 9.59 Å². The molecule has 1 atom stereocenters. The third-order valence-electron chi connectivity index (χ3n) is 3.85. The summed E-state index contributed by atoms with van der Waals surface area (Å²) < 4.78 is 6.58. The van der Waals surface area contributed by atoms with Crippen LogP contribution in [0.15, 0.2) is 24.3 Å². The van der Waals surface area contributed by atoms with Gasteiger partial charge in [-0.1, -0.05) is 13.8 Å². The van der Waals surface area contributed by atoms with E-state index in [1.54, 1.807) is 0 Å². The number of nitrogens with zero attached hydrogens (tertiary/aromatic N) is 1. The van der Waals surface area contributed by atoms with Crippen LogP contribution < -0.4 is 10.1 Å². The highest BCUT2D eigenvalue weighted by Gasteiger charge is 2.29. The zero-order valence-electron chi connectivity index (χ0n) is 13.5. The van der Waals surface area contributed by atoms with Gasteiger partial charge in [0.05, 0.1) is 0 Å². The first-order chi connectivity index (χ1) is 11.0. The van der Waals surface area contributed by atoms with Gasteiger partial charge >= 0.3 is 0 Å². The summed E-state index contributed by atoms with van der Waals surface area (Å²) in [5.41, 5.74) is 0. The largest absolute Gasteiger partial charge is 0.484 e. The Morgan fingerprint density at radius 1 is 1.22 bits per heavy atom. The van der Waals surface area contributed by atoms with Gasteiger partial charge in [0.2, 0.25) is 5.91 Å². The van der Waals surface area contributed by atoms with Crippen molar-refractivity contribution in [3.05, 3.63) is 27.8 Å². The summed E-state index contributed by atoms with van der Waals surface area (Å²) in [6.45, 7) is 5.38. The molecule has 6 heteroatoms. The van der Waals surface area contributed by atoms with Crippen molar-refractivity contribution in [2.24, 2.45) is 5.92 Å². The van der Waals surface area contributed by atoms with Gasteiger partial charge in [-0.2, -0.15) is 0 Å². The molecule has 2 rings (SSSR count). The smallest absolute Gasteiger partial charge is 0.258 e. The predicted octanol–water partition coefficient (Wildman–Crippen LogP) is 2.43. The summed E-state index contributed by atoms with van der Waals surface area (Å²) in [5.74, 6) is 0.438. The van der Waals surface area contributed by atoms with Gasteiger partial charge in [-0.05, 0) is 65.6 Å². The lowest BCUT2D eigenvalue weighted by Crippen LogP contribution is -2.51. The Kier molecular flexibility index (Phi) is 6.68. The maximum absolute atomic E-state index is 12.5. The van der Waals surface area contributed by atoms with Crippen LogP contribution >= 0.6 is 22.6 Å². The highest BCUT2D eigenvalue weighted by molar-refractivity contribution is 14.1. The third kappa shape index (κ3) is 5.37. The van der Waals surface area contributed by atoms with Gasteiger partial charge in [-0.15, -0.1) is 0 Å². The standard InChI is InChI=1S/C17H23IN2O3/c1-12(2)16(17(22)20-9-3-4-10-20)19-15(21)11-23-14-7-5-13(18)6-8-14/h5-8,12,16H,3-4,9-11H2,1-2H3,(H,19,21)/t16-/m0/s1. The molecular formula is C17H23IN2O3. The number of carbonyl (C=O) groups is 2. The van der Waals surface area contributed by atoms with E-state index >= 15 is 0 Å². The fraction of sp³-hybridized carbons (Fsp3) is 0.529. The molecule has 1 N–H and O–H groups in total. The Hall–Kier alpha value is -1.31. The van der Waals surface area contributed by atoms with E-state index in [1.807, 2.05) is 43.0 Å². The van der Waals surface area contributed by atoms with Crippen molar-refractivity contribution in [2.45, 2.75) is 32.7 Å². The minimum Gasteiger partial charge on any atom is -0.484 e. The second kappa shape index (κ2) is 8.52. The van der Waals surface area contributed by atoms with Crippen molar-refractivity contribution in [1.82, 2.24) is 10.2 Å². The first-order valence-corrected chi connectivity index (χ1v) is 9.02. The molecule has 1 aromatic rings. The third-order valence-corrected chi connectivity index (χ3v) is 4.57. The van der Waals surface area contributed by atoms with Crippen LogP contribution in [-0.4, -0.2) is 42.5 Å². The van der Waals surface area contributed by atoms with Gasteiger partial charge in [-0.3, -0.25) is 9.59 Å². The molecule has 1 aliphatic rings. The molecule has 5 nitrogen and oxygen atoms in total. The van der Waals surface area contributed by atoms with Gasteiger partial charge in [0, 0.05) is 16.7 Å². The van der Waals surface area contributed by atoms with E-state index in [9.17, 15) is 9.59 Å². The fourth-order valence-corrected chi connectivity index (χ4v) is 2.90. The molecule has 0 aromatic heterocycles. The summed E-state index contributed by atoms with van der Waals surface area (Å²) in [4.78, 5) is 26.5. The van der Waals surface area contributed by atoms with Crippen LogP contribution in [0, 0.1) is 9.49 Å². The summed E-state index contributed by atoms with van der Waals surface area (Å²) in [7, 11) is 0. The number of amides is 2. The molecule has 1 aliphatic heterocycles. The molecule has 23 heavy (non-hydrogen) atoms. The second-order valence-electron chi connectivity index (χ2n) is 6.06. The van der Waals surface area contributed by atoms with Gasteiger partial charge in [0.25, 0.3) is 5.91 Å². The van der Waals surface area contributed by atoms with E-state index in [-0.39, 0.29) is 24.3 Å². The number of benzene rings is 1. The Morgan fingerprint density at radius 3 is 2.39 bits per heavy atom. The molecular weight excluding hydrogens is 407 g/mol. The van der Waals surface area contributed by atoms with E-state index in [2.05, 4.69) is 27.9 Å². The first kappa shape index (κ1) is 18.0. The summed E-state index contributed by atoms with van der Waals surface area (Å²) in [6, 6.07) is 7.00. The number of carbonyl (C=O) groups excluding carboxylic acids is 2. The summed E-state index contributed by atoms with van der Waals surface area (Å²) >= 11 is 2.21. The fourth-order valence-electron chi connectivity index (χ4n) is 2.54. The number of nitrogens with one attached hydrogen (secondary N) is 1. The average molecular weight is 430 g/mol. The van der Waals surface area contributed by atoms with Crippen molar-refractivity contribution >= 4 is 34.4 Å². The highest BCUT2D eigenvalue weighted by atomic mass is 127. The molecule has 0 radical (unpaired) electrons. The Labute approximate surface area is 150 Å². The van der Waals surface area contributed by atoms with Crippen LogP contribution in [0.2, 0.25) is 0 Å². The Balaban J connectivity index is 1.87. The van der Waals surface area contributed by atoms with Gasteiger partial charge in [-0.25, -0.2) is 0 Å². The molecule has 1 saturated heterocycles. The van der Waals surface area contributed by atoms with Crippen molar-refractivity contribution < 1.29 is 14.3 Å². The van der Waals surface area contributed by atoms with Gasteiger partial charge in [0.1, 0.15) is 11.8 Å². The highest BCUT2D eigenvalue weighted by Crippen LogP contribution is 2.14. The zero-order valence-corrected chi connectivity index (χ0v) is 15.7. The molecule has 126 valence electrons. The Bertz CT molecular complexity index is 539. The van der Waals surface area contributed by atoms with E-state index < -0.39 is 6.04 Å². The number of halogens is 1. The lowest BCUT2D eigenvalue weighted by molar-refractivity contribution is -0.137. The lowest BCUT2D eigenvalue weighted by atomic mass is 10.0. The minimum absolute atomic E-state index is 0.0140. The zero-order chi connectivity index (χ0) is 16.8. The average Bonchev–Trinajstić information content (AvgIpc) is 3.05. The lowest BCUT2D eigenvalue weighted by Gasteiger charge is -2.26. The minimum atomic E-state index is -0.485. The van der Waals surface area contributed by atoms with E-state index in [0.29, 0.717) is 5.75 Å². The van der Waals surface area contributed by atoms with Crippen LogP contribution in [0.25, 0.3) is 0 Å². The normalized spacial score (nSPS) is 15.6. The number of hydrogen-bond donors (Lipinski definition) is 1. The van der Waals surface area contributed by atoms with Gasteiger partial charge < -0.3 is 15.0 Å². The molecule has 1 heterocycles. The van der Waals surface area contributed by atoms with Crippen LogP contribution in [0.5, 0.6) is 5.75 Å². The van der Waals surface area contributed by atoms with Crippen LogP contribution in [0.4, 0.5) is 0 Å². The van der Waals surface area contributed by atoms with Crippen molar-refractivity contribution in [2.75, 3.05) is 19.7 Å². The molecule has 2 amide bonds. The molecule has 0 bridgehead atoms. The second-order valence-corrected chi connectivity index (χ2v) is 7.31. The molecule has 0 spiro atoms. The molecule has 0 aliphatic carbocycles. The number of ether oxygens (including phenoxy) is 1. The maximum atomic E-state index is 12.5. The van der Waals surface area contributed by atoms with Crippen molar-refractivity contribution in [1.29, 1.82) is 0 Å². The SMILES string of the molecule is CC(C)[C@H](NC(=O)COc1ccc(I)cc1)C(=O)N1CCCC1. The van der Waals surface area contributed by atoms with Crippen molar-refractivity contribution in [3.63, 3.8) is 0 Å². The summed E-state index contributed by atoms with van der Waals surface area (Å²) in [5, 5.41) is 2.82. The molecule has 1 fully saturated rings. The molecule has 0 saturated carbocycles. The molecule has 1 aromatic carbocycles. The summed E-state index contributed by atoms with van der Waals surface area (Å²) in [6.07, 6.45) is 2.08. The maximum Gasteiger partial charge on any atom is 0.258 e. The number of likely N-dealkylation sites (tertiary alicyclic amines) is 1. The monoisotopic (exact) mass is 430 g/mol. The first-order valence-electron chi connectivity index (χ1n) is 7.94. The number of hydrogen-bond acceptors (Lipinski definition) is 3. The van der Waals surface area contributed by atoms with E-state index in [0.717, 1.165) is 29.5 Å². The topological polar surface area (TPSA) is 58.6 Å². The predicted molar refractivity (Wildman–Crippen MR) is 97.2 cm³/mol. The number of rotatable bonds is 6. The van der Waals surface area contributed by atoms with Crippen LogP contribution in [0.3, 0.4) is 0 Å². The van der Waals surface area contributed by atoms with Gasteiger partial charge in [0.15, 0.2) is 6.61 Å². The van der Waals surface area contributed by atoms with E-state index in [4.69, 9.17) is 4.74 Å². The quantitative estimate of drug-likeness (QED) is 0.706. The van der Waals surface area contributed by atoms with Crippen LogP contribution in [0.1, 0.15) is 26.7 Å². The Morgan fingerprint density at radius 2 is 1.83 bits per heavy atom. The van der Waals surface area contributed by atoms with Crippen molar-refractivity contribution in [3.8, 4) is 5.75 Å².